The minimum atomic E-state index is 0.564. The fourth-order valence-corrected chi connectivity index (χ4v) is 2.61. The Balaban J connectivity index is 2.05. The van der Waals surface area contributed by atoms with Gasteiger partial charge in [0.1, 0.15) is 11.5 Å². The molecule has 3 rings (SSSR count). The van der Waals surface area contributed by atoms with Crippen LogP contribution in [0.4, 0.5) is 0 Å². The van der Waals surface area contributed by atoms with Crippen molar-refractivity contribution < 1.29 is 8.83 Å². The number of nitrogens with zero attached hydrogens (tertiary/aromatic N) is 3. The monoisotopic (exact) mass is 313 g/mol. The third-order valence-electron chi connectivity index (χ3n) is 2.79. The molecule has 112 valence electrons. The fourth-order valence-electron chi connectivity index (χ4n) is 1.80. The van der Waals surface area contributed by atoms with Gasteiger partial charge in [-0.2, -0.15) is 5.10 Å². The Morgan fingerprint density at radius 3 is 2.82 bits per heavy atom. The smallest absolute Gasteiger partial charge is 0.206 e. The Morgan fingerprint density at radius 2 is 2.14 bits per heavy atom. The standard InChI is InChI=1S/C16H15N3O2S/c1-12(2)9-17-16-19(18-10-13-5-3-7-20-13)14(11-22-16)15-6-4-8-21-15/h3-8,10-11H,1,9H2,2H3. The molecule has 3 aromatic heterocycles. The summed E-state index contributed by atoms with van der Waals surface area (Å²) in [6.07, 6.45) is 4.90. The molecule has 0 amide bonds. The molecule has 0 unspecified atom stereocenters. The lowest BCUT2D eigenvalue weighted by Crippen LogP contribution is -2.12. The van der Waals surface area contributed by atoms with Crippen molar-refractivity contribution in [1.82, 2.24) is 4.68 Å². The minimum Gasteiger partial charge on any atom is -0.463 e. The summed E-state index contributed by atoms with van der Waals surface area (Å²) in [6, 6.07) is 7.40. The van der Waals surface area contributed by atoms with E-state index in [9.17, 15) is 0 Å². The van der Waals surface area contributed by atoms with Gasteiger partial charge in [-0.1, -0.05) is 12.2 Å². The summed E-state index contributed by atoms with van der Waals surface area (Å²) >= 11 is 1.50. The van der Waals surface area contributed by atoms with E-state index in [1.165, 1.54) is 11.3 Å². The summed E-state index contributed by atoms with van der Waals surface area (Å²) in [6.45, 7) is 6.38. The van der Waals surface area contributed by atoms with Crippen molar-refractivity contribution in [2.75, 3.05) is 6.54 Å². The van der Waals surface area contributed by atoms with Crippen molar-refractivity contribution in [2.45, 2.75) is 6.92 Å². The Labute approximate surface area is 131 Å². The van der Waals surface area contributed by atoms with Crippen molar-refractivity contribution >= 4 is 17.6 Å². The van der Waals surface area contributed by atoms with Gasteiger partial charge in [-0.25, -0.2) is 4.68 Å². The normalized spacial score (nSPS) is 12.3. The highest BCUT2D eigenvalue weighted by Gasteiger charge is 2.09. The Hall–Kier alpha value is -2.60. The molecule has 0 N–H and O–H groups in total. The first-order valence-electron chi connectivity index (χ1n) is 6.71. The maximum Gasteiger partial charge on any atom is 0.206 e. The average Bonchev–Trinajstić information content (AvgIpc) is 3.23. The molecular formula is C16H15N3O2S. The second kappa shape index (κ2) is 6.44. The average molecular weight is 313 g/mol. The summed E-state index contributed by atoms with van der Waals surface area (Å²) in [5.74, 6) is 1.42. The maximum atomic E-state index is 5.47. The molecule has 0 aliphatic carbocycles. The Kier molecular flexibility index (Phi) is 4.20. The third kappa shape index (κ3) is 3.17. The van der Waals surface area contributed by atoms with E-state index in [1.807, 2.05) is 36.6 Å². The zero-order valence-corrected chi connectivity index (χ0v) is 12.9. The molecule has 6 heteroatoms. The van der Waals surface area contributed by atoms with E-state index in [-0.39, 0.29) is 0 Å². The highest BCUT2D eigenvalue weighted by molar-refractivity contribution is 7.07. The number of hydrogen-bond acceptors (Lipinski definition) is 5. The van der Waals surface area contributed by atoms with Crippen LogP contribution in [0, 0.1) is 0 Å². The molecule has 0 fully saturated rings. The topological polar surface area (TPSA) is 55.9 Å². The van der Waals surface area contributed by atoms with Crippen molar-refractivity contribution in [3.63, 3.8) is 0 Å². The zero-order valence-electron chi connectivity index (χ0n) is 12.1. The molecule has 0 saturated carbocycles. The van der Waals surface area contributed by atoms with Gasteiger partial charge in [-0.05, 0) is 31.2 Å². The van der Waals surface area contributed by atoms with Gasteiger partial charge < -0.3 is 8.83 Å². The molecule has 0 bridgehead atoms. The molecule has 0 aliphatic heterocycles. The highest BCUT2D eigenvalue weighted by atomic mass is 32.1. The molecular weight excluding hydrogens is 298 g/mol. The van der Waals surface area contributed by atoms with Crippen LogP contribution < -0.4 is 4.80 Å². The van der Waals surface area contributed by atoms with Crippen LogP contribution in [0.15, 0.2) is 73.3 Å². The van der Waals surface area contributed by atoms with Crippen LogP contribution in [0.1, 0.15) is 12.7 Å². The fraction of sp³-hybridized carbons (Fsp3) is 0.125. The first-order valence-corrected chi connectivity index (χ1v) is 7.59. The molecule has 0 aromatic carbocycles. The molecule has 22 heavy (non-hydrogen) atoms. The molecule has 3 heterocycles. The van der Waals surface area contributed by atoms with E-state index < -0.39 is 0 Å². The van der Waals surface area contributed by atoms with Crippen molar-refractivity contribution in [2.24, 2.45) is 10.1 Å². The predicted molar refractivity (Wildman–Crippen MR) is 87.0 cm³/mol. The van der Waals surface area contributed by atoms with Gasteiger partial charge in [0.05, 0.1) is 25.3 Å². The van der Waals surface area contributed by atoms with E-state index in [0.29, 0.717) is 12.3 Å². The summed E-state index contributed by atoms with van der Waals surface area (Å²) in [5, 5.41) is 6.44. The minimum absolute atomic E-state index is 0.564. The van der Waals surface area contributed by atoms with Crippen LogP contribution >= 0.6 is 11.3 Å². The summed E-state index contributed by atoms with van der Waals surface area (Å²) in [5.41, 5.74) is 1.84. The quantitative estimate of drug-likeness (QED) is 0.532. The van der Waals surface area contributed by atoms with Gasteiger partial charge in [-0.15, -0.1) is 11.3 Å². The second-order valence-corrected chi connectivity index (χ2v) is 5.56. The van der Waals surface area contributed by atoms with E-state index >= 15 is 0 Å². The first-order chi connectivity index (χ1) is 10.7. The highest BCUT2D eigenvalue weighted by Crippen LogP contribution is 2.20. The van der Waals surface area contributed by atoms with E-state index in [1.54, 1.807) is 23.4 Å². The molecule has 0 saturated heterocycles. The van der Waals surface area contributed by atoms with Gasteiger partial charge in [0, 0.05) is 5.38 Å². The number of hydrogen-bond donors (Lipinski definition) is 0. The van der Waals surface area contributed by atoms with Crippen LogP contribution in [-0.4, -0.2) is 17.4 Å². The van der Waals surface area contributed by atoms with Gasteiger partial charge in [0.2, 0.25) is 4.80 Å². The molecule has 0 spiro atoms. The first kappa shape index (κ1) is 14.3. The van der Waals surface area contributed by atoms with Gasteiger partial charge in [0.15, 0.2) is 5.76 Å². The molecule has 0 atom stereocenters. The lowest BCUT2D eigenvalue weighted by molar-refractivity contribution is 0.558. The van der Waals surface area contributed by atoms with Crippen LogP contribution in [0.25, 0.3) is 11.5 Å². The zero-order chi connectivity index (χ0) is 15.4. The molecule has 3 aromatic rings. The number of furan rings is 2. The number of rotatable bonds is 5. The molecule has 0 radical (unpaired) electrons. The maximum absolute atomic E-state index is 5.47. The van der Waals surface area contributed by atoms with Crippen LogP contribution in [-0.2, 0) is 0 Å². The summed E-state index contributed by atoms with van der Waals surface area (Å²) in [7, 11) is 0. The van der Waals surface area contributed by atoms with Crippen molar-refractivity contribution in [3.05, 3.63) is 64.9 Å². The van der Waals surface area contributed by atoms with Gasteiger partial charge in [0.25, 0.3) is 0 Å². The lowest BCUT2D eigenvalue weighted by Gasteiger charge is -1.99. The van der Waals surface area contributed by atoms with Crippen molar-refractivity contribution in [3.8, 4) is 11.5 Å². The number of aromatic nitrogens is 1. The van der Waals surface area contributed by atoms with Crippen LogP contribution in [0.5, 0.6) is 0 Å². The summed E-state index contributed by atoms with van der Waals surface area (Å²) < 4.78 is 12.5. The lowest BCUT2D eigenvalue weighted by atomic mass is 10.4. The Morgan fingerprint density at radius 1 is 1.32 bits per heavy atom. The number of thiazole rings is 1. The third-order valence-corrected chi connectivity index (χ3v) is 3.64. The van der Waals surface area contributed by atoms with Crippen LogP contribution in [0.3, 0.4) is 0 Å². The van der Waals surface area contributed by atoms with E-state index in [4.69, 9.17) is 8.83 Å². The van der Waals surface area contributed by atoms with E-state index in [0.717, 1.165) is 21.8 Å². The predicted octanol–water partition coefficient (Wildman–Crippen LogP) is 3.76. The SMILES string of the molecule is C=C(C)CN=c1scc(-c2ccco2)n1N=Cc1ccco1. The van der Waals surface area contributed by atoms with Gasteiger partial charge in [-0.3, -0.25) is 4.99 Å². The molecule has 5 nitrogen and oxygen atoms in total. The second-order valence-electron chi connectivity index (χ2n) is 4.73. The summed E-state index contributed by atoms with van der Waals surface area (Å²) in [4.78, 5) is 5.31. The van der Waals surface area contributed by atoms with E-state index in [2.05, 4.69) is 16.7 Å². The molecule has 0 aliphatic rings. The van der Waals surface area contributed by atoms with Crippen LogP contribution in [0.2, 0.25) is 0 Å². The Bertz CT molecular complexity index is 836. The van der Waals surface area contributed by atoms with Crippen molar-refractivity contribution in [1.29, 1.82) is 0 Å². The van der Waals surface area contributed by atoms with Gasteiger partial charge >= 0.3 is 0 Å². The largest absolute Gasteiger partial charge is 0.463 e.